The number of benzene rings is 2. The summed E-state index contributed by atoms with van der Waals surface area (Å²) < 4.78 is 13.0. The lowest BCUT2D eigenvalue weighted by Gasteiger charge is -2.22. The smallest absolute Gasteiger partial charge is 0.123 e. The first-order valence-electron chi connectivity index (χ1n) is 9.87. The fraction of sp³-hybridized carbons (Fsp3) is 0.360. The highest BCUT2D eigenvalue weighted by atomic mass is 19.1. The molecular formula is C25H29F. The van der Waals surface area contributed by atoms with Gasteiger partial charge in [0.05, 0.1) is 0 Å². The van der Waals surface area contributed by atoms with Crippen LogP contribution in [-0.4, -0.2) is 0 Å². The van der Waals surface area contributed by atoms with E-state index < -0.39 is 0 Å². The Kier molecular flexibility index (Phi) is 6.82. The summed E-state index contributed by atoms with van der Waals surface area (Å²) in [4.78, 5) is 0. The Morgan fingerprint density at radius 1 is 0.923 bits per heavy atom. The fourth-order valence-electron chi connectivity index (χ4n) is 3.75. The SMILES string of the molecule is C/C=C/CCC1=CCC(c2ccc(CCc3ccc(F)cc3)cc2)CC1. The molecule has 0 aliphatic heterocycles. The molecular weight excluding hydrogens is 319 g/mol. The van der Waals surface area contributed by atoms with Crippen molar-refractivity contribution in [3.8, 4) is 0 Å². The van der Waals surface area contributed by atoms with Crippen LogP contribution in [-0.2, 0) is 12.8 Å². The molecule has 0 spiro atoms. The second kappa shape index (κ2) is 9.52. The number of aryl methyl sites for hydroxylation is 2. The van der Waals surface area contributed by atoms with Crippen molar-refractivity contribution in [1.29, 1.82) is 0 Å². The number of hydrogen-bond donors (Lipinski definition) is 0. The average molecular weight is 349 g/mol. The maximum absolute atomic E-state index is 13.0. The Morgan fingerprint density at radius 3 is 2.15 bits per heavy atom. The van der Waals surface area contributed by atoms with Crippen molar-refractivity contribution in [2.75, 3.05) is 0 Å². The van der Waals surface area contributed by atoms with Gasteiger partial charge in [-0.25, -0.2) is 4.39 Å². The molecule has 1 aliphatic carbocycles. The molecule has 26 heavy (non-hydrogen) atoms. The van der Waals surface area contributed by atoms with Gasteiger partial charge in [-0.1, -0.05) is 60.2 Å². The van der Waals surface area contributed by atoms with Crippen LogP contribution in [0.1, 0.15) is 61.6 Å². The van der Waals surface area contributed by atoms with Gasteiger partial charge < -0.3 is 0 Å². The molecule has 0 aromatic heterocycles. The molecule has 0 amide bonds. The summed E-state index contributed by atoms with van der Waals surface area (Å²) in [6.07, 6.45) is 14.9. The van der Waals surface area contributed by atoms with E-state index in [9.17, 15) is 4.39 Å². The van der Waals surface area contributed by atoms with Crippen molar-refractivity contribution in [3.05, 3.63) is 94.8 Å². The highest BCUT2D eigenvalue weighted by Crippen LogP contribution is 2.33. The predicted octanol–water partition coefficient (Wildman–Crippen LogP) is 7.16. The second-order valence-corrected chi connectivity index (χ2v) is 7.31. The minimum Gasteiger partial charge on any atom is -0.207 e. The highest BCUT2D eigenvalue weighted by Gasteiger charge is 2.15. The van der Waals surface area contributed by atoms with Gasteiger partial charge in [-0.15, -0.1) is 0 Å². The molecule has 2 aromatic carbocycles. The van der Waals surface area contributed by atoms with Crippen LogP contribution in [0.5, 0.6) is 0 Å². The van der Waals surface area contributed by atoms with Crippen molar-refractivity contribution < 1.29 is 4.39 Å². The standard InChI is InChI=1S/C25H29F/c1-2-3-4-5-20-8-14-23(15-9-20)24-16-10-21(11-17-24)6-7-22-12-18-25(26)19-13-22/h2-3,8,10-13,16-19,23H,4-7,9,14-15H2,1H3/b3-2+. The van der Waals surface area contributed by atoms with Crippen LogP contribution in [0, 0.1) is 5.82 Å². The third kappa shape index (κ3) is 5.42. The van der Waals surface area contributed by atoms with Gasteiger partial charge in [0.2, 0.25) is 0 Å². The molecule has 1 heteroatoms. The van der Waals surface area contributed by atoms with Crippen LogP contribution in [0.4, 0.5) is 4.39 Å². The lowest BCUT2D eigenvalue weighted by atomic mass is 9.83. The van der Waals surface area contributed by atoms with E-state index in [0.29, 0.717) is 5.92 Å². The third-order valence-corrected chi connectivity index (χ3v) is 5.44. The van der Waals surface area contributed by atoms with Crippen LogP contribution in [0.25, 0.3) is 0 Å². The van der Waals surface area contributed by atoms with E-state index in [1.54, 1.807) is 17.7 Å². The fourth-order valence-corrected chi connectivity index (χ4v) is 3.75. The van der Waals surface area contributed by atoms with Crippen molar-refractivity contribution in [2.24, 2.45) is 0 Å². The molecule has 136 valence electrons. The summed E-state index contributed by atoms with van der Waals surface area (Å²) in [6.45, 7) is 2.09. The Labute approximate surface area is 157 Å². The molecule has 0 N–H and O–H groups in total. The summed E-state index contributed by atoms with van der Waals surface area (Å²) in [6, 6.07) is 16.0. The van der Waals surface area contributed by atoms with Crippen molar-refractivity contribution in [3.63, 3.8) is 0 Å². The van der Waals surface area contributed by atoms with Gasteiger partial charge in [0.25, 0.3) is 0 Å². The van der Waals surface area contributed by atoms with Crippen LogP contribution in [0.2, 0.25) is 0 Å². The van der Waals surface area contributed by atoms with Gasteiger partial charge in [0.1, 0.15) is 5.82 Å². The Balaban J connectivity index is 1.50. The zero-order valence-corrected chi connectivity index (χ0v) is 15.8. The maximum Gasteiger partial charge on any atom is 0.123 e. The molecule has 0 saturated carbocycles. The van der Waals surface area contributed by atoms with E-state index in [0.717, 1.165) is 12.8 Å². The molecule has 0 heterocycles. The minimum absolute atomic E-state index is 0.162. The molecule has 0 fully saturated rings. The molecule has 0 bridgehead atoms. The van der Waals surface area contributed by atoms with Gasteiger partial charge >= 0.3 is 0 Å². The molecule has 2 aromatic rings. The molecule has 3 rings (SSSR count). The number of allylic oxidation sites excluding steroid dienone is 4. The van der Waals surface area contributed by atoms with E-state index in [1.165, 1.54) is 48.8 Å². The molecule has 0 nitrogen and oxygen atoms in total. The van der Waals surface area contributed by atoms with Gasteiger partial charge in [0, 0.05) is 0 Å². The Morgan fingerprint density at radius 2 is 1.58 bits per heavy atom. The van der Waals surface area contributed by atoms with Crippen LogP contribution in [0.15, 0.2) is 72.3 Å². The summed E-state index contributed by atoms with van der Waals surface area (Å²) >= 11 is 0. The molecule has 0 radical (unpaired) electrons. The monoisotopic (exact) mass is 348 g/mol. The Bertz CT molecular complexity index is 735. The summed E-state index contributed by atoms with van der Waals surface area (Å²) in [5.74, 6) is 0.510. The molecule has 0 saturated heterocycles. The first kappa shape index (κ1) is 18.6. The van der Waals surface area contributed by atoms with Gasteiger partial charge in [-0.05, 0) is 86.6 Å². The maximum atomic E-state index is 13.0. The normalized spacial score (nSPS) is 17.5. The van der Waals surface area contributed by atoms with Gasteiger partial charge in [0.15, 0.2) is 0 Å². The summed E-state index contributed by atoms with van der Waals surface area (Å²) in [7, 11) is 0. The lowest BCUT2D eigenvalue weighted by Crippen LogP contribution is -2.04. The quantitative estimate of drug-likeness (QED) is 0.466. The van der Waals surface area contributed by atoms with E-state index in [-0.39, 0.29) is 5.82 Å². The number of rotatable bonds is 7. The Hall–Kier alpha value is -2.15. The molecule has 1 atom stereocenters. The topological polar surface area (TPSA) is 0 Å². The lowest BCUT2D eigenvalue weighted by molar-refractivity contribution is 0.586. The number of halogens is 1. The van der Waals surface area contributed by atoms with Crippen molar-refractivity contribution in [1.82, 2.24) is 0 Å². The van der Waals surface area contributed by atoms with Gasteiger partial charge in [-0.2, -0.15) is 0 Å². The van der Waals surface area contributed by atoms with Crippen molar-refractivity contribution >= 4 is 0 Å². The van der Waals surface area contributed by atoms with Crippen LogP contribution < -0.4 is 0 Å². The number of hydrogen-bond acceptors (Lipinski definition) is 0. The summed E-state index contributed by atoms with van der Waals surface area (Å²) in [5.41, 5.74) is 5.66. The van der Waals surface area contributed by atoms with Crippen molar-refractivity contribution in [2.45, 2.75) is 57.8 Å². The highest BCUT2D eigenvalue weighted by molar-refractivity contribution is 5.28. The third-order valence-electron chi connectivity index (χ3n) is 5.44. The minimum atomic E-state index is -0.162. The van der Waals surface area contributed by atoms with E-state index in [2.05, 4.69) is 49.4 Å². The van der Waals surface area contributed by atoms with Gasteiger partial charge in [-0.3, -0.25) is 0 Å². The first-order valence-corrected chi connectivity index (χ1v) is 9.87. The van der Waals surface area contributed by atoms with E-state index in [4.69, 9.17) is 0 Å². The van der Waals surface area contributed by atoms with Crippen LogP contribution >= 0.6 is 0 Å². The zero-order chi connectivity index (χ0) is 18.2. The zero-order valence-electron chi connectivity index (χ0n) is 15.8. The van der Waals surface area contributed by atoms with E-state index in [1.807, 2.05) is 12.1 Å². The molecule has 1 unspecified atom stereocenters. The second-order valence-electron chi connectivity index (χ2n) is 7.31. The van der Waals surface area contributed by atoms with Crippen LogP contribution in [0.3, 0.4) is 0 Å². The average Bonchev–Trinajstić information content (AvgIpc) is 2.69. The summed E-state index contributed by atoms with van der Waals surface area (Å²) in [5, 5.41) is 0. The largest absolute Gasteiger partial charge is 0.207 e. The first-order chi connectivity index (χ1) is 12.7. The molecule has 1 aliphatic rings. The predicted molar refractivity (Wildman–Crippen MR) is 109 cm³/mol. The van der Waals surface area contributed by atoms with E-state index >= 15 is 0 Å².